The zero-order chi connectivity index (χ0) is 16.6. The van der Waals surface area contributed by atoms with E-state index in [1.54, 1.807) is 6.08 Å². The van der Waals surface area contributed by atoms with Crippen molar-refractivity contribution in [2.75, 3.05) is 33.2 Å². The highest BCUT2D eigenvalue weighted by molar-refractivity contribution is 5.68. The van der Waals surface area contributed by atoms with E-state index in [0.29, 0.717) is 12.5 Å². The Morgan fingerprint density at radius 1 is 1.36 bits per heavy atom. The average molecular weight is 310 g/mol. The van der Waals surface area contributed by atoms with E-state index in [-0.39, 0.29) is 6.09 Å². The van der Waals surface area contributed by atoms with E-state index >= 15 is 0 Å². The molecule has 0 radical (unpaired) electrons. The molecule has 1 fully saturated rings. The molecule has 0 saturated carbocycles. The minimum atomic E-state index is -0.446. The van der Waals surface area contributed by atoms with Gasteiger partial charge in [0, 0.05) is 32.0 Å². The minimum absolute atomic E-state index is 0.332. The summed E-state index contributed by atoms with van der Waals surface area (Å²) in [7, 11) is 1.88. The van der Waals surface area contributed by atoms with Gasteiger partial charge in [0.05, 0.1) is 0 Å². The number of nitrogens with zero attached hydrogens (tertiary/aromatic N) is 1. The number of ether oxygens (including phenoxy) is 1. The summed E-state index contributed by atoms with van der Waals surface area (Å²) in [5.74, 6) is 0.508. The third kappa shape index (κ3) is 7.45. The van der Waals surface area contributed by atoms with Gasteiger partial charge in [0.2, 0.25) is 0 Å². The molecule has 126 valence electrons. The highest BCUT2D eigenvalue weighted by Gasteiger charge is 2.21. The van der Waals surface area contributed by atoms with Gasteiger partial charge in [-0.3, -0.25) is 4.90 Å². The fourth-order valence-electron chi connectivity index (χ4n) is 2.45. The summed E-state index contributed by atoms with van der Waals surface area (Å²) >= 11 is 0. The molecule has 0 aromatic carbocycles. The van der Waals surface area contributed by atoms with Crippen molar-refractivity contribution in [1.82, 2.24) is 15.5 Å². The van der Waals surface area contributed by atoms with E-state index in [4.69, 9.17) is 10.1 Å². The SMILES string of the molecule is CN/C(=C\C=N)CN1CCC(CNC(=O)OC(C)(C)C)CC1. The van der Waals surface area contributed by atoms with Crippen LogP contribution in [-0.4, -0.2) is 56.0 Å². The van der Waals surface area contributed by atoms with Gasteiger partial charge in [-0.15, -0.1) is 0 Å². The zero-order valence-electron chi connectivity index (χ0n) is 14.2. The molecule has 0 unspecified atom stereocenters. The monoisotopic (exact) mass is 310 g/mol. The highest BCUT2D eigenvalue weighted by atomic mass is 16.6. The second-order valence-electron chi connectivity index (χ2n) is 6.71. The summed E-state index contributed by atoms with van der Waals surface area (Å²) in [6.45, 7) is 9.15. The van der Waals surface area contributed by atoms with Gasteiger partial charge in [-0.1, -0.05) is 0 Å². The number of allylic oxidation sites excluding steroid dienone is 1. The molecule has 0 spiro atoms. The number of likely N-dealkylation sites (N-methyl/N-ethyl adjacent to an activating group) is 1. The number of hydrogen-bond donors (Lipinski definition) is 3. The van der Waals surface area contributed by atoms with Crippen LogP contribution in [0.1, 0.15) is 33.6 Å². The van der Waals surface area contributed by atoms with Crippen LogP contribution in [-0.2, 0) is 4.74 Å². The Morgan fingerprint density at radius 3 is 2.50 bits per heavy atom. The maximum Gasteiger partial charge on any atom is 0.407 e. The summed E-state index contributed by atoms with van der Waals surface area (Å²) in [6, 6.07) is 0. The molecule has 0 aromatic rings. The molecule has 6 heteroatoms. The van der Waals surface area contributed by atoms with E-state index in [1.165, 1.54) is 6.21 Å². The standard InChI is InChI=1S/C16H30N4O2/c1-16(2,3)22-15(21)19-11-13-6-9-20(10-7-13)12-14(18-4)5-8-17/h5,8,13,17-18H,6-7,9-12H2,1-4H3,(H,19,21)/b14-5-,17-8?. The number of piperidine rings is 1. The molecule has 1 amide bonds. The number of amides is 1. The van der Waals surface area contributed by atoms with Crippen LogP contribution in [0.25, 0.3) is 0 Å². The first-order valence-corrected chi connectivity index (χ1v) is 7.90. The molecule has 6 nitrogen and oxygen atoms in total. The Balaban J connectivity index is 2.27. The lowest BCUT2D eigenvalue weighted by molar-refractivity contribution is 0.0510. The third-order valence-corrected chi connectivity index (χ3v) is 3.64. The summed E-state index contributed by atoms with van der Waals surface area (Å²) in [4.78, 5) is 14.0. The molecule has 22 heavy (non-hydrogen) atoms. The summed E-state index contributed by atoms with van der Waals surface area (Å²) < 4.78 is 5.25. The van der Waals surface area contributed by atoms with Gasteiger partial charge in [0.1, 0.15) is 5.60 Å². The number of rotatable bonds is 6. The fourth-order valence-corrected chi connectivity index (χ4v) is 2.45. The van der Waals surface area contributed by atoms with Crippen LogP contribution in [0.5, 0.6) is 0 Å². The topological polar surface area (TPSA) is 77.5 Å². The number of nitrogens with one attached hydrogen (secondary N) is 3. The van der Waals surface area contributed by atoms with E-state index in [9.17, 15) is 4.79 Å². The Kier molecular flexibility index (Phi) is 7.38. The van der Waals surface area contributed by atoms with Crippen molar-refractivity contribution in [3.8, 4) is 0 Å². The van der Waals surface area contributed by atoms with Crippen LogP contribution in [0.15, 0.2) is 11.8 Å². The van der Waals surface area contributed by atoms with Crippen LogP contribution in [0.4, 0.5) is 4.79 Å². The molecule has 1 aliphatic heterocycles. The molecule has 3 N–H and O–H groups in total. The lowest BCUT2D eigenvalue weighted by Crippen LogP contribution is -2.41. The third-order valence-electron chi connectivity index (χ3n) is 3.64. The first-order chi connectivity index (χ1) is 10.3. The van der Waals surface area contributed by atoms with Gasteiger partial charge in [-0.25, -0.2) is 4.79 Å². The Labute approximate surface area is 133 Å². The smallest absolute Gasteiger partial charge is 0.407 e. The minimum Gasteiger partial charge on any atom is -0.444 e. The number of hydrogen-bond acceptors (Lipinski definition) is 5. The van der Waals surface area contributed by atoms with Crippen LogP contribution in [0, 0.1) is 11.3 Å². The fraction of sp³-hybridized carbons (Fsp3) is 0.750. The predicted molar refractivity (Wildman–Crippen MR) is 89.3 cm³/mol. The van der Waals surface area contributed by atoms with Crippen molar-refractivity contribution in [3.05, 3.63) is 11.8 Å². The molecule has 0 aromatic heterocycles. The number of likely N-dealkylation sites (tertiary alicyclic amines) is 1. The second-order valence-corrected chi connectivity index (χ2v) is 6.71. The molecule has 0 aliphatic carbocycles. The van der Waals surface area contributed by atoms with Gasteiger partial charge >= 0.3 is 6.09 Å². The molecular formula is C16H30N4O2. The molecule has 0 bridgehead atoms. The summed E-state index contributed by atoms with van der Waals surface area (Å²) in [6.07, 6.45) is 4.90. The molecule has 1 saturated heterocycles. The molecule has 1 heterocycles. The van der Waals surface area contributed by atoms with E-state index in [2.05, 4.69) is 15.5 Å². The zero-order valence-corrected chi connectivity index (χ0v) is 14.2. The van der Waals surface area contributed by atoms with Crippen LogP contribution >= 0.6 is 0 Å². The maximum atomic E-state index is 11.6. The van der Waals surface area contributed by atoms with E-state index < -0.39 is 5.60 Å². The Hall–Kier alpha value is -1.56. The lowest BCUT2D eigenvalue weighted by Gasteiger charge is -2.32. The largest absolute Gasteiger partial charge is 0.444 e. The highest BCUT2D eigenvalue weighted by Crippen LogP contribution is 2.17. The molecule has 0 atom stereocenters. The summed E-state index contributed by atoms with van der Waals surface area (Å²) in [5.41, 5.74) is 0.610. The summed E-state index contributed by atoms with van der Waals surface area (Å²) in [5, 5.41) is 13.1. The van der Waals surface area contributed by atoms with E-state index in [1.807, 2.05) is 27.8 Å². The van der Waals surface area contributed by atoms with Crippen molar-refractivity contribution in [2.45, 2.75) is 39.2 Å². The van der Waals surface area contributed by atoms with Crippen LogP contribution in [0.2, 0.25) is 0 Å². The van der Waals surface area contributed by atoms with Crippen LogP contribution in [0.3, 0.4) is 0 Å². The van der Waals surface area contributed by atoms with Crippen molar-refractivity contribution in [3.63, 3.8) is 0 Å². The van der Waals surface area contributed by atoms with Crippen molar-refractivity contribution in [1.29, 1.82) is 5.41 Å². The second kappa shape index (κ2) is 8.78. The number of alkyl carbamates (subject to hydrolysis) is 1. The number of carbonyl (C=O) groups is 1. The van der Waals surface area contributed by atoms with E-state index in [0.717, 1.165) is 38.2 Å². The normalized spacial score (nSPS) is 17.9. The quantitative estimate of drug-likeness (QED) is 0.656. The van der Waals surface area contributed by atoms with Gasteiger partial charge in [0.15, 0.2) is 0 Å². The number of carbonyl (C=O) groups excluding carboxylic acids is 1. The maximum absolute atomic E-state index is 11.6. The predicted octanol–water partition coefficient (Wildman–Crippen LogP) is 1.98. The first kappa shape index (κ1) is 18.5. The van der Waals surface area contributed by atoms with Gasteiger partial charge < -0.3 is 20.8 Å². The van der Waals surface area contributed by atoms with Crippen molar-refractivity contribution >= 4 is 12.3 Å². The Morgan fingerprint density at radius 2 is 2.00 bits per heavy atom. The Bertz CT molecular complexity index is 393. The average Bonchev–Trinajstić information content (AvgIpc) is 2.44. The van der Waals surface area contributed by atoms with Gasteiger partial charge in [-0.05, 0) is 58.7 Å². The van der Waals surface area contributed by atoms with Gasteiger partial charge in [0.25, 0.3) is 0 Å². The van der Waals surface area contributed by atoms with Crippen molar-refractivity contribution < 1.29 is 9.53 Å². The first-order valence-electron chi connectivity index (χ1n) is 7.90. The molecule has 1 rings (SSSR count). The lowest BCUT2D eigenvalue weighted by atomic mass is 9.97. The molecular weight excluding hydrogens is 280 g/mol. The van der Waals surface area contributed by atoms with Crippen molar-refractivity contribution in [2.24, 2.45) is 5.92 Å². The van der Waals surface area contributed by atoms with Crippen LogP contribution < -0.4 is 10.6 Å². The molecule has 1 aliphatic rings. The van der Waals surface area contributed by atoms with Gasteiger partial charge in [-0.2, -0.15) is 0 Å².